The number of aldehydes is 2. The molecule has 0 aliphatic carbocycles. The van der Waals surface area contributed by atoms with Gasteiger partial charge in [0.1, 0.15) is 0 Å². The Kier molecular flexibility index (Phi) is 5.58. The molecule has 0 bridgehead atoms. The van der Waals surface area contributed by atoms with Gasteiger partial charge in [-0.05, 0) is 49.7 Å². The number of ether oxygens (including phenoxy) is 1. The molecule has 24 heavy (non-hydrogen) atoms. The first-order valence-electron chi connectivity index (χ1n) is 7.80. The SMILES string of the molecule is CCN(CC)c1ccc(C=O)c(-c2c(C=O)ccc(O)c2OC)c1. The molecular weight excluding hydrogens is 306 g/mol. The fourth-order valence-electron chi connectivity index (χ4n) is 2.82. The van der Waals surface area contributed by atoms with Crippen LogP contribution in [0.5, 0.6) is 11.5 Å². The Morgan fingerprint density at radius 3 is 2.21 bits per heavy atom. The van der Waals surface area contributed by atoms with Gasteiger partial charge in [0.05, 0.1) is 7.11 Å². The van der Waals surface area contributed by atoms with E-state index in [-0.39, 0.29) is 11.5 Å². The molecule has 0 amide bonds. The van der Waals surface area contributed by atoms with Crippen molar-refractivity contribution in [2.24, 2.45) is 0 Å². The van der Waals surface area contributed by atoms with Gasteiger partial charge >= 0.3 is 0 Å². The van der Waals surface area contributed by atoms with Crippen molar-refractivity contribution in [3.63, 3.8) is 0 Å². The number of aromatic hydroxyl groups is 1. The van der Waals surface area contributed by atoms with Crippen LogP contribution in [0.25, 0.3) is 11.1 Å². The molecule has 0 aliphatic heterocycles. The Balaban J connectivity index is 2.80. The van der Waals surface area contributed by atoms with Crippen LogP contribution in [0.2, 0.25) is 0 Å². The summed E-state index contributed by atoms with van der Waals surface area (Å²) in [5.41, 5.74) is 2.69. The summed E-state index contributed by atoms with van der Waals surface area (Å²) in [6.45, 7) is 5.72. The monoisotopic (exact) mass is 327 g/mol. The van der Waals surface area contributed by atoms with Gasteiger partial charge in [-0.2, -0.15) is 0 Å². The molecule has 0 heterocycles. The molecule has 0 fully saturated rings. The summed E-state index contributed by atoms with van der Waals surface area (Å²) in [5, 5.41) is 10.1. The number of phenolic OH excluding ortho intramolecular Hbond substituents is 1. The lowest BCUT2D eigenvalue weighted by molar-refractivity contribution is 0.111. The maximum Gasteiger partial charge on any atom is 0.169 e. The number of nitrogens with zero attached hydrogens (tertiary/aromatic N) is 1. The molecule has 5 heteroatoms. The van der Waals surface area contributed by atoms with E-state index in [0.29, 0.717) is 28.5 Å². The molecule has 2 rings (SSSR count). The zero-order chi connectivity index (χ0) is 17.7. The minimum Gasteiger partial charge on any atom is -0.504 e. The number of benzene rings is 2. The summed E-state index contributed by atoms with van der Waals surface area (Å²) < 4.78 is 5.29. The van der Waals surface area contributed by atoms with Crippen molar-refractivity contribution in [3.8, 4) is 22.6 Å². The summed E-state index contributed by atoms with van der Waals surface area (Å²) in [6, 6.07) is 8.35. The highest BCUT2D eigenvalue weighted by Crippen LogP contribution is 2.41. The average molecular weight is 327 g/mol. The highest BCUT2D eigenvalue weighted by Gasteiger charge is 2.19. The summed E-state index contributed by atoms with van der Waals surface area (Å²) in [4.78, 5) is 25.1. The first-order valence-corrected chi connectivity index (χ1v) is 7.80. The van der Waals surface area contributed by atoms with E-state index in [1.54, 1.807) is 6.07 Å². The van der Waals surface area contributed by atoms with Gasteiger partial charge < -0.3 is 14.7 Å². The van der Waals surface area contributed by atoms with Crippen LogP contribution in [0.15, 0.2) is 30.3 Å². The second-order valence-electron chi connectivity index (χ2n) is 5.26. The third-order valence-electron chi connectivity index (χ3n) is 4.06. The van der Waals surface area contributed by atoms with Crippen LogP contribution in [0.4, 0.5) is 5.69 Å². The first kappa shape index (κ1) is 17.5. The second kappa shape index (κ2) is 7.64. The zero-order valence-electron chi connectivity index (χ0n) is 14.1. The molecule has 0 radical (unpaired) electrons. The Bertz CT molecular complexity index is 751. The Labute approximate surface area is 141 Å². The van der Waals surface area contributed by atoms with Gasteiger partial charge in [0.25, 0.3) is 0 Å². The van der Waals surface area contributed by atoms with Gasteiger partial charge in [0.15, 0.2) is 24.1 Å². The fraction of sp³-hybridized carbons (Fsp3) is 0.263. The van der Waals surface area contributed by atoms with E-state index < -0.39 is 0 Å². The van der Waals surface area contributed by atoms with Crippen molar-refractivity contribution in [1.82, 2.24) is 0 Å². The molecule has 0 unspecified atom stereocenters. The van der Waals surface area contributed by atoms with E-state index >= 15 is 0 Å². The maximum absolute atomic E-state index is 11.5. The first-order chi connectivity index (χ1) is 11.6. The summed E-state index contributed by atoms with van der Waals surface area (Å²) in [7, 11) is 1.42. The quantitative estimate of drug-likeness (QED) is 0.788. The van der Waals surface area contributed by atoms with Crippen LogP contribution in [0, 0.1) is 0 Å². The van der Waals surface area contributed by atoms with E-state index in [1.807, 2.05) is 26.0 Å². The maximum atomic E-state index is 11.5. The second-order valence-corrected chi connectivity index (χ2v) is 5.26. The lowest BCUT2D eigenvalue weighted by Gasteiger charge is -2.23. The third kappa shape index (κ3) is 3.11. The van der Waals surface area contributed by atoms with Crippen LogP contribution in [-0.2, 0) is 0 Å². The number of anilines is 1. The van der Waals surface area contributed by atoms with Gasteiger partial charge in [0, 0.05) is 35.5 Å². The molecule has 0 saturated carbocycles. The van der Waals surface area contributed by atoms with Crippen LogP contribution in [0.1, 0.15) is 34.6 Å². The number of hydrogen-bond donors (Lipinski definition) is 1. The Morgan fingerprint density at radius 1 is 1.04 bits per heavy atom. The number of carbonyl (C=O) groups is 2. The predicted octanol–water partition coefficient (Wildman–Crippen LogP) is 3.54. The Morgan fingerprint density at radius 2 is 1.67 bits per heavy atom. The summed E-state index contributed by atoms with van der Waals surface area (Å²) in [6.07, 6.45) is 1.43. The zero-order valence-corrected chi connectivity index (χ0v) is 14.1. The Hall–Kier alpha value is -2.82. The normalized spacial score (nSPS) is 10.3. The molecule has 5 nitrogen and oxygen atoms in total. The highest BCUT2D eigenvalue weighted by atomic mass is 16.5. The van der Waals surface area contributed by atoms with Crippen molar-refractivity contribution in [1.29, 1.82) is 0 Å². The number of hydrogen-bond acceptors (Lipinski definition) is 5. The van der Waals surface area contributed by atoms with E-state index in [1.165, 1.54) is 19.2 Å². The predicted molar refractivity (Wildman–Crippen MR) is 94.4 cm³/mol. The summed E-state index contributed by atoms with van der Waals surface area (Å²) >= 11 is 0. The topological polar surface area (TPSA) is 66.8 Å². The average Bonchev–Trinajstić information content (AvgIpc) is 2.62. The van der Waals surface area contributed by atoms with Gasteiger partial charge in [-0.1, -0.05) is 0 Å². The standard InChI is InChI=1S/C19H21NO4/c1-4-20(5-2)15-8-6-13(11-21)16(10-15)18-14(12-22)7-9-17(23)19(18)24-3/h6-12,23H,4-5H2,1-3H3. The molecule has 0 spiro atoms. The lowest BCUT2D eigenvalue weighted by atomic mass is 9.94. The molecule has 126 valence electrons. The number of rotatable bonds is 7. The fourth-order valence-corrected chi connectivity index (χ4v) is 2.82. The minimum atomic E-state index is -0.0804. The molecule has 2 aromatic rings. The van der Waals surface area contributed by atoms with Crippen molar-refractivity contribution in [2.45, 2.75) is 13.8 Å². The van der Waals surface area contributed by atoms with Gasteiger partial charge in [-0.15, -0.1) is 0 Å². The van der Waals surface area contributed by atoms with E-state index in [2.05, 4.69) is 4.90 Å². The van der Waals surface area contributed by atoms with E-state index in [0.717, 1.165) is 25.1 Å². The van der Waals surface area contributed by atoms with Crippen molar-refractivity contribution in [3.05, 3.63) is 41.5 Å². The van der Waals surface area contributed by atoms with Crippen LogP contribution < -0.4 is 9.64 Å². The molecular formula is C19H21NO4. The largest absolute Gasteiger partial charge is 0.504 e. The number of carbonyl (C=O) groups excluding carboxylic acids is 2. The number of methoxy groups -OCH3 is 1. The van der Waals surface area contributed by atoms with Crippen LogP contribution in [0.3, 0.4) is 0 Å². The van der Waals surface area contributed by atoms with Crippen molar-refractivity contribution >= 4 is 18.3 Å². The molecule has 2 aromatic carbocycles. The van der Waals surface area contributed by atoms with Crippen molar-refractivity contribution in [2.75, 3.05) is 25.1 Å². The molecule has 1 N–H and O–H groups in total. The van der Waals surface area contributed by atoms with Gasteiger partial charge in [0.2, 0.25) is 0 Å². The summed E-state index contributed by atoms with van der Waals surface area (Å²) in [5.74, 6) is 0.0996. The molecule has 0 atom stereocenters. The van der Waals surface area contributed by atoms with E-state index in [9.17, 15) is 14.7 Å². The van der Waals surface area contributed by atoms with Crippen LogP contribution in [-0.4, -0.2) is 37.9 Å². The lowest BCUT2D eigenvalue weighted by Crippen LogP contribution is -2.21. The third-order valence-corrected chi connectivity index (χ3v) is 4.06. The van der Waals surface area contributed by atoms with Crippen LogP contribution >= 0.6 is 0 Å². The van der Waals surface area contributed by atoms with E-state index in [4.69, 9.17) is 4.74 Å². The molecule has 0 aliphatic rings. The smallest absolute Gasteiger partial charge is 0.169 e. The molecule has 0 saturated heterocycles. The van der Waals surface area contributed by atoms with Gasteiger partial charge in [-0.25, -0.2) is 0 Å². The van der Waals surface area contributed by atoms with Gasteiger partial charge in [-0.3, -0.25) is 9.59 Å². The molecule has 0 aromatic heterocycles. The minimum absolute atomic E-state index is 0.0804. The number of phenols is 1. The highest BCUT2D eigenvalue weighted by molar-refractivity contribution is 5.98. The van der Waals surface area contributed by atoms with Crippen molar-refractivity contribution < 1.29 is 19.4 Å².